The molecule has 2 aliphatic rings. The van der Waals surface area contributed by atoms with E-state index in [4.69, 9.17) is 28.3 Å². The summed E-state index contributed by atoms with van der Waals surface area (Å²) in [7, 11) is 0. The molecule has 68 heavy (non-hydrogen) atoms. The number of carbonyl (C=O) groups is 7. The van der Waals surface area contributed by atoms with Gasteiger partial charge in [0.2, 0.25) is 35.8 Å². The summed E-state index contributed by atoms with van der Waals surface area (Å²) in [6, 6.07) is -7.66. The molecule has 21 nitrogen and oxygen atoms in total. The van der Waals surface area contributed by atoms with Crippen LogP contribution in [0.25, 0.3) is 0 Å². The van der Waals surface area contributed by atoms with Gasteiger partial charge in [0.15, 0.2) is 17.3 Å². The van der Waals surface area contributed by atoms with Gasteiger partial charge in [-0.3, -0.25) is 48.7 Å². The second kappa shape index (κ2) is 28.9. The van der Waals surface area contributed by atoms with Crippen LogP contribution in [0.1, 0.15) is 149 Å². The maximum Gasteiger partial charge on any atom is 0.252 e. The number of amides is 6. The molecule has 0 aromatic carbocycles. The van der Waals surface area contributed by atoms with Crippen molar-refractivity contribution in [2.45, 2.75) is 191 Å². The smallest absolute Gasteiger partial charge is 0.252 e. The highest BCUT2D eigenvalue weighted by molar-refractivity contribution is 6.15. The Balaban J connectivity index is 2.00. The Hall–Kier alpha value is -5.28. The molecule has 6 amide bonds. The Labute approximate surface area is 401 Å². The highest BCUT2D eigenvalue weighted by Gasteiger charge is 2.54. The first-order valence-corrected chi connectivity index (χ1v) is 24.6. The van der Waals surface area contributed by atoms with Crippen LogP contribution in [0, 0.1) is 23.2 Å². The number of guanidine groups is 1. The Morgan fingerprint density at radius 3 is 1.91 bits per heavy atom. The number of nitrogens with one attached hydrogen (secondary N) is 7. The van der Waals surface area contributed by atoms with Crippen molar-refractivity contribution >= 4 is 53.5 Å². The lowest BCUT2D eigenvalue weighted by Crippen LogP contribution is -2.69. The molecule has 1 radical (unpaired) electrons. The summed E-state index contributed by atoms with van der Waals surface area (Å²) in [4.78, 5) is 120. The highest BCUT2D eigenvalue weighted by atomic mass is 16.2. The van der Waals surface area contributed by atoms with Gasteiger partial charge in [0.05, 0.1) is 24.1 Å². The van der Waals surface area contributed by atoms with Gasteiger partial charge in [-0.1, -0.05) is 78.1 Å². The van der Waals surface area contributed by atoms with Crippen LogP contribution in [0.15, 0.2) is 12.5 Å². The summed E-state index contributed by atoms with van der Waals surface area (Å²) in [5.74, 6) is -6.06. The van der Waals surface area contributed by atoms with Crippen molar-refractivity contribution in [2.24, 2.45) is 40.7 Å². The third kappa shape index (κ3) is 18.0. The molecule has 3 rings (SSSR count). The van der Waals surface area contributed by atoms with Gasteiger partial charge in [-0.2, -0.15) is 0 Å². The average molecular weight is 955 g/mol. The molecular formula is C47H80N13O8. The number of imide groups is 1. The largest absolute Gasteiger partial charge is 0.370 e. The van der Waals surface area contributed by atoms with Gasteiger partial charge in [-0.25, -0.2) is 4.98 Å². The van der Waals surface area contributed by atoms with Crippen molar-refractivity contribution in [1.29, 1.82) is 5.41 Å². The zero-order valence-corrected chi connectivity index (χ0v) is 40.7. The minimum Gasteiger partial charge on any atom is -0.370 e. The van der Waals surface area contributed by atoms with E-state index in [0.717, 1.165) is 64.2 Å². The van der Waals surface area contributed by atoms with Crippen molar-refractivity contribution in [1.82, 2.24) is 41.5 Å². The van der Waals surface area contributed by atoms with E-state index >= 15 is 0 Å². The van der Waals surface area contributed by atoms with E-state index in [9.17, 15) is 38.4 Å². The lowest BCUT2D eigenvalue weighted by atomic mass is 9.78. The number of carbonyl (C=O) groups excluding carboxylic acids is 8. The molecule has 2 fully saturated rings. The number of aromatic nitrogens is 2. The Kier molecular flexibility index (Phi) is 24.3. The normalized spacial score (nSPS) is 18.1. The molecule has 21 heteroatoms. The van der Waals surface area contributed by atoms with Crippen molar-refractivity contribution in [2.75, 3.05) is 13.1 Å². The fraction of sp³-hybridized carbons (Fsp3) is 0.745. The molecule has 7 atom stereocenters. The standard InChI is InChI=1S/C47H80N13O8/c1-29(2)22-38(59-41(64)37(18-11-12-20-48)58-43(66)39(57-31(4)62)25-34-26-53-28-55-34)42(65)56-30(3)44(67)60(45(68)36(50)24-33-16-9-6-10-17-33)47(27-61,19-13-21-54-46(51)52)40(63)35(49)23-32-14-7-5-8-15-32/h26,28-30,32-33,35-39H,5-25,48-50H2,1-4H3,(H,53,55)(H,56,65)(H,57,62)(H,58,66)(H,59,64)(H4,51,52,54)/t30-,35-,36-,37-,38-,39-,47-/m0/s1. The first-order valence-electron chi connectivity index (χ1n) is 24.6. The minimum atomic E-state index is -2.56. The van der Waals surface area contributed by atoms with Crippen LogP contribution in [0.4, 0.5) is 0 Å². The maximum atomic E-state index is 15.0. The number of ketones is 1. The number of H-pyrrole nitrogens is 1. The van der Waals surface area contributed by atoms with Crippen LogP contribution >= 0.6 is 0 Å². The number of imidazole rings is 1. The van der Waals surface area contributed by atoms with Gasteiger partial charge in [-0.05, 0) is 82.6 Å². The number of nitrogens with two attached hydrogens (primary N) is 4. The van der Waals surface area contributed by atoms with E-state index in [0.29, 0.717) is 30.0 Å². The van der Waals surface area contributed by atoms with Gasteiger partial charge in [0, 0.05) is 26.1 Å². The fourth-order valence-corrected chi connectivity index (χ4v) is 9.43. The number of nitrogens with zero attached hydrogens (tertiary/aromatic N) is 2. The first-order chi connectivity index (χ1) is 32.3. The lowest BCUT2D eigenvalue weighted by Gasteiger charge is -2.41. The van der Waals surface area contributed by atoms with Crippen LogP contribution in [0.3, 0.4) is 0 Å². The Bertz CT molecular complexity index is 1820. The number of unbranched alkanes of at least 4 members (excludes halogenated alkanes) is 1. The molecule has 0 saturated heterocycles. The number of aromatic amines is 1. The quantitative estimate of drug-likeness (QED) is 0.0228. The molecule has 0 aliphatic heterocycles. The summed E-state index contributed by atoms with van der Waals surface area (Å²) < 4.78 is 0. The monoisotopic (exact) mass is 955 g/mol. The van der Waals surface area contributed by atoms with E-state index in [2.05, 4.69) is 36.6 Å². The van der Waals surface area contributed by atoms with Crippen LogP contribution in [0.2, 0.25) is 0 Å². The molecule has 1 heterocycles. The van der Waals surface area contributed by atoms with E-state index in [1.807, 2.05) is 13.8 Å². The minimum absolute atomic E-state index is 0.00279. The lowest BCUT2D eigenvalue weighted by molar-refractivity contribution is -0.158. The van der Waals surface area contributed by atoms with Crippen LogP contribution in [0.5, 0.6) is 0 Å². The maximum absolute atomic E-state index is 15.0. The summed E-state index contributed by atoms with van der Waals surface area (Å²) >= 11 is 0. The molecule has 1 aromatic heterocycles. The summed E-state index contributed by atoms with van der Waals surface area (Å²) in [5.41, 5.74) is 22.5. The Morgan fingerprint density at radius 2 is 1.38 bits per heavy atom. The summed E-state index contributed by atoms with van der Waals surface area (Å²) in [6.45, 7) is 6.53. The van der Waals surface area contributed by atoms with Crippen LogP contribution in [-0.2, 0) is 44.8 Å². The van der Waals surface area contributed by atoms with Crippen molar-refractivity contribution in [3.05, 3.63) is 18.2 Å². The third-order valence-electron chi connectivity index (χ3n) is 13.0. The third-order valence-corrected chi connectivity index (χ3v) is 13.0. The molecule has 1 aromatic rings. The summed E-state index contributed by atoms with van der Waals surface area (Å²) in [5, 5.41) is 21.0. The second-order valence-corrected chi connectivity index (χ2v) is 19.3. The van der Waals surface area contributed by atoms with Gasteiger partial charge in [0.25, 0.3) is 5.91 Å². The molecule has 0 unspecified atom stereocenters. The van der Waals surface area contributed by atoms with Crippen LogP contribution < -0.4 is 49.5 Å². The molecule has 0 spiro atoms. The summed E-state index contributed by atoms with van der Waals surface area (Å²) in [6.07, 6.45) is 15.1. The number of rotatable bonds is 29. The number of Topliss-reactive ketones (excluding diaryl/α,β-unsaturated/α-hetero) is 1. The second-order valence-electron chi connectivity index (χ2n) is 19.3. The van der Waals surface area contributed by atoms with Crippen molar-refractivity contribution < 1.29 is 38.4 Å². The SMILES string of the molecule is CC(=O)N[C@@H](Cc1c[nH]cn1)C(=O)N[C@@H](CCCCN)C(=O)N[C@@H](CC(C)C)C(=O)N[C@@H](C)C(=O)N(C(=O)[C@@H](N)CC1CCCCC1)[C@]([C]=O)(CCCNC(=N)N)C(=O)[C@@H](N)CC1CCCCC1. The molecule has 381 valence electrons. The van der Waals surface area contributed by atoms with Gasteiger partial charge < -0.3 is 54.5 Å². The zero-order valence-electron chi connectivity index (χ0n) is 40.7. The highest BCUT2D eigenvalue weighted by Crippen LogP contribution is 2.32. The fourth-order valence-electron chi connectivity index (χ4n) is 9.43. The molecule has 2 saturated carbocycles. The first kappa shape index (κ1) is 57.0. The van der Waals surface area contributed by atoms with E-state index in [-0.39, 0.29) is 68.8 Å². The predicted molar refractivity (Wildman–Crippen MR) is 256 cm³/mol. The van der Waals surface area contributed by atoms with E-state index in [1.54, 1.807) is 12.5 Å². The van der Waals surface area contributed by atoms with Gasteiger partial charge in [-0.15, -0.1) is 0 Å². The average Bonchev–Trinajstić information content (AvgIpc) is 3.82. The molecule has 2 aliphatic carbocycles. The van der Waals surface area contributed by atoms with Crippen molar-refractivity contribution in [3.8, 4) is 0 Å². The molecule has 0 bridgehead atoms. The number of hydrogen-bond acceptors (Lipinski definition) is 13. The molecule has 15 N–H and O–H groups in total. The van der Waals surface area contributed by atoms with E-state index in [1.165, 1.54) is 20.2 Å². The van der Waals surface area contributed by atoms with Gasteiger partial charge in [0.1, 0.15) is 24.2 Å². The van der Waals surface area contributed by atoms with Crippen LogP contribution in [-0.4, -0.2) is 123 Å². The van der Waals surface area contributed by atoms with Crippen molar-refractivity contribution in [3.63, 3.8) is 0 Å². The molecular weight excluding hydrogens is 875 g/mol. The van der Waals surface area contributed by atoms with E-state index < -0.39 is 89.4 Å². The Morgan fingerprint density at radius 1 is 0.809 bits per heavy atom. The predicted octanol–water partition coefficient (Wildman–Crippen LogP) is 0.738. The zero-order chi connectivity index (χ0) is 50.4. The number of hydrogen-bond donors (Lipinski definition) is 11. The topological polar surface area (TPSA) is 357 Å². The van der Waals surface area contributed by atoms with Gasteiger partial charge >= 0.3 is 0 Å².